The van der Waals surface area contributed by atoms with Gasteiger partial charge in [-0.05, 0) is 32.3 Å². The molecule has 0 aromatic carbocycles. The first kappa shape index (κ1) is 22.6. The van der Waals surface area contributed by atoms with E-state index in [0.29, 0.717) is 24.0 Å². The molecule has 0 fully saturated rings. The Balaban J connectivity index is 0.00000220. The normalized spacial score (nSPS) is 14.5. The smallest absolute Gasteiger partial charge is 0.810 e. The van der Waals surface area contributed by atoms with Crippen molar-refractivity contribution in [2.75, 3.05) is 6.16 Å². The second-order valence-corrected chi connectivity index (χ2v) is 6.57. The molecule has 2 rings (SSSR count). The number of aromatic nitrogens is 2. The molecule has 0 saturated heterocycles. The van der Waals surface area contributed by atoms with Gasteiger partial charge in [0.15, 0.2) is 0 Å². The van der Waals surface area contributed by atoms with Crippen LogP contribution in [0.2, 0.25) is 0 Å². The number of rotatable bonds is 4. The van der Waals surface area contributed by atoms with Crippen LogP contribution in [0.1, 0.15) is 24.8 Å². The number of allylic oxidation sites excluding steroid dienone is 2. The molecule has 0 atom stereocenters. The maximum Gasteiger partial charge on any atom is 1.00 e. The molecule has 0 unspecified atom stereocenters. The first-order chi connectivity index (χ1) is 9.26. The van der Waals surface area contributed by atoms with E-state index in [2.05, 4.69) is 4.98 Å². The Bertz CT molecular complexity index is 719. The van der Waals surface area contributed by atoms with E-state index in [1.807, 2.05) is 0 Å². The fourth-order valence-electron chi connectivity index (χ4n) is 2.43. The Morgan fingerprint density at radius 1 is 1.23 bits per heavy atom. The average molecular weight is 344 g/mol. The third-order valence-corrected chi connectivity index (χ3v) is 4.16. The van der Waals surface area contributed by atoms with Crippen LogP contribution in [0.15, 0.2) is 26.9 Å². The van der Waals surface area contributed by atoms with Gasteiger partial charge in [0, 0.05) is 18.3 Å². The number of aryl methyl sites for hydroxylation is 1. The molecule has 1 aromatic rings. The quantitative estimate of drug-likeness (QED) is 0.331. The van der Waals surface area contributed by atoms with Crippen LogP contribution in [0.5, 0.6) is 0 Å². The molecule has 10 heteroatoms. The number of H-pyrrole nitrogens is 1. The Morgan fingerprint density at radius 2 is 1.82 bits per heavy atom. The van der Waals surface area contributed by atoms with Crippen molar-refractivity contribution in [3.63, 3.8) is 0 Å². The average Bonchev–Trinajstić information content (AvgIpc) is 2.71. The van der Waals surface area contributed by atoms with Crippen LogP contribution in [0.3, 0.4) is 0 Å². The first-order valence-corrected chi connectivity index (χ1v) is 8.00. The van der Waals surface area contributed by atoms with Crippen LogP contribution in [0, 0.1) is 6.92 Å². The standard InChI is InChI=1S/C12H17N2O5P.2Na/c1-8-5-14(12(16)13-11(8)15)6-9-3-2-4-10(9)7-20(17,18)19;;/h5H,2-4,6-7H2,1H3,(H,13,15,16)(H2,17,18,19);;/q;2*+1/p-2. The number of hydrogen-bond acceptors (Lipinski definition) is 5. The van der Waals surface area contributed by atoms with Gasteiger partial charge in [-0.15, -0.1) is 0 Å². The molecule has 0 radical (unpaired) electrons. The van der Waals surface area contributed by atoms with E-state index < -0.39 is 25.0 Å². The van der Waals surface area contributed by atoms with Crippen molar-refractivity contribution in [2.24, 2.45) is 0 Å². The minimum absolute atomic E-state index is 0. The molecule has 0 saturated carbocycles. The van der Waals surface area contributed by atoms with Gasteiger partial charge >= 0.3 is 64.8 Å². The topological polar surface area (TPSA) is 118 Å². The molecule has 0 amide bonds. The molecule has 0 aliphatic heterocycles. The van der Waals surface area contributed by atoms with Crippen molar-refractivity contribution in [1.82, 2.24) is 9.55 Å². The zero-order valence-electron chi connectivity index (χ0n) is 13.0. The maximum atomic E-state index is 11.7. The molecular weight excluding hydrogens is 329 g/mol. The van der Waals surface area contributed by atoms with E-state index in [9.17, 15) is 23.9 Å². The van der Waals surface area contributed by atoms with Crippen LogP contribution in [0.25, 0.3) is 0 Å². The Hall–Kier alpha value is 0.570. The summed E-state index contributed by atoms with van der Waals surface area (Å²) in [5.74, 6) is 0. The van der Waals surface area contributed by atoms with Crippen molar-refractivity contribution in [1.29, 1.82) is 0 Å². The van der Waals surface area contributed by atoms with E-state index in [1.54, 1.807) is 6.92 Å². The van der Waals surface area contributed by atoms with Gasteiger partial charge in [0.2, 0.25) is 0 Å². The number of hydrogen-bond donors (Lipinski definition) is 1. The van der Waals surface area contributed by atoms with E-state index in [0.717, 1.165) is 12.0 Å². The number of nitrogens with zero attached hydrogens (tertiary/aromatic N) is 1. The Morgan fingerprint density at radius 3 is 2.41 bits per heavy atom. The van der Waals surface area contributed by atoms with Crippen molar-refractivity contribution in [3.05, 3.63) is 43.7 Å². The molecule has 1 aliphatic carbocycles. The molecular formula is C12H15N2Na2O5P. The van der Waals surface area contributed by atoms with Crippen LogP contribution in [0.4, 0.5) is 0 Å². The molecule has 0 bridgehead atoms. The van der Waals surface area contributed by atoms with Gasteiger partial charge in [-0.25, -0.2) is 4.79 Å². The van der Waals surface area contributed by atoms with Crippen molar-refractivity contribution < 1.29 is 73.5 Å². The van der Waals surface area contributed by atoms with Crippen LogP contribution >= 0.6 is 7.60 Å². The third kappa shape index (κ3) is 6.23. The monoisotopic (exact) mass is 344 g/mol. The van der Waals surface area contributed by atoms with Crippen LogP contribution in [-0.2, 0) is 11.1 Å². The summed E-state index contributed by atoms with van der Waals surface area (Å²) < 4.78 is 12.2. The van der Waals surface area contributed by atoms with Gasteiger partial charge in [-0.3, -0.25) is 14.3 Å². The van der Waals surface area contributed by atoms with E-state index in [4.69, 9.17) is 0 Å². The van der Waals surface area contributed by atoms with E-state index in [1.165, 1.54) is 10.8 Å². The summed E-state index contributed by atoms with van der Waals surface area (Å²) in [4.78, 5) is 46.9. The van der Waals surface area contributed by atoms with E-state index >= 15 is 0 Å². The van der Waals surface area contributed by atoms with Gasteiger partial charge in [0.05, 0.1) is 0 Å². The van der Waals surface area contributed by atoms with Crippen LogP contribution < -0.4 is 80.2 Å². The summed E-state index contributed by atoms with van der Waals surface area (Å²) in [6.45, 7) is 1.80. The zero-order chi connectivity index (χ0) is 14.9. The SMILES string of the molecule is Cc1cn(CC2=C(CP(=O)([O-])[O-])CCC2)c(=O)[nH]c1=O.[Na+].[Na+]. The van der Waals surface area contributed by atoms with Gasteiger partial charge in [-0.2, -0.15) is 0 Å². The largest absolute Gasteiger partial charge is 1.00 e. The third-order valence-electron chi connectivity index (χ3n) is 3.39. The fraction of sp³-hybridized carbons (Fsp3) is 0.500. The molecule has 7 nitrogen and oxygen atoms in total. The molecule has 1 aliphatic rings. The summed E-state index contributed by atoms with van der Waals surface area (Å²) >= 11 is 0. The molecule has 22 heavy (non-hydrogen) atoms. The van der Waals surface area contributed by atoms with Crippen molar-refractivity contribution >= 4 is 7.60 Å². The van der Waals surface area contributed by atoms with Gasteiger partial charge < -0.3 is 14.4 Å². The zero-order valence-corrected chi connectivity index (χ0v) is 17.9. The minimum Gasteiger partial charge on any atom is -0.810 e. The van der Waals surface area contributed by atoms with Crippen LogP contribution in [-0.4, -0.2) is 15.7 Å². The molecule has 1 heterocycles. The van der Waals surface area contributed by atoms with Gasteiger partial charge in [0.1, 0.15) is 0 Å². The maximum absolute atomic E-state index is 11.7. The summed E-state index contributed by atoms with van der Waals surface area (Å²) in [6, 6.07) is 0. The van der Waals surface area contributed by atoms with Gasteiger partial charge in [-0.1, -0.05) is 18.7 Å². The fourth-order valence-corrected chi connectivity index (χ4v) is 3.28. The first-order valence-electron chi connectivity index (χ1n) is 6.27. The predicted molar refractivity (Wildman–Crippen MR) is 69.4 cm³/mol. The second kappa shape index (κ2) is 9.16. The Kier molecular flexibility index (Phi) is 9.39. The second-order valence-electron chi connectivity index (χ2n) is 5.03. The van der Waals surface area contributed by atoms with Crippen molar-refractivity contribution in [3.8, 4) is 0 Å². The summed E-state index contributed by atoms with van der Waals surface area (Å²) in [5.41, 5.74) is 0.838. The van der Waals surface area contributed by atoms with Crippen molar-refractivity contribution in [2.45, 2.75) is 32.7 Å². The molecule has 0 spiro atoms. The summed E-state index contributed by atoms with van der Waals surface area (Å²) in [5, 5.41) is 0. The predicted octanol–water partition coefficient (Wildman–Crippen LogP) is -6.75. The van der Waals surface area contributed by atoms with E-state index in [-0.39, 0.29) is 65.7 Å². The van der Waals surface area contributed by atoms with Gasteiger partial charge in [0.25, 0.3) is 5.56 Å². The Labute approximate surface area is 172 Å². The number of nitrogens with one attached hydrogen (secondary N) is 1. The summed E-state index contributed by atoms with van der Waals surface area (Å²) in [7, 11) is -4.59. The minimum atomic E-state index is -4.59. The number of aromatic amines is 1. The summed E-state index contributed by atoms with van der Waals surface area (Å²) in [6.07, 6.45) is 2.99. The molecule has 1 N–H and O–H groups in total. The molecule has 1 aromatic heterocycles. The molecule has 110 valence electrons.